The number of piperidine rings is 1. The SMILES string of the molecule is CC.CC1CN(CC2CCN(C)CC2)CCO1. The molecule has 3 heteroatoms. The fourth-order valence-corrected chi connectivity index (χ4v) is 2.67. The van der Waals surface area contributed by atoms with E-state index in [0.717, 1.165) is 25.6 Å². The van der Waals surface area contributed by atoms with Crippen LogP contribution >= 0.6 is 0 Å². The van der Waals surface area contributed by atoms with E-state index in [-0.39, 0.29) is 0 Å². The van der Waals surface area contributed by atoms with Gasteiger partial charge >= 0.3 is 0 Å². The van der Waals surface area contributed by atoms with Gasteiger partial charge in [0.15, 0.2) is 0 Å². The Morgan fingerprint density at radius 2 is 1.76 bits per heavy atom. The summed E-state index contributed by atoms with van der Waals surface area (Å²) < 4.78 is 5.56. The van der Waals surface area contributed by atoms with Crippen molar-refractivity contribution in [1.82, 2.24) is 9.80 Å². The minimum atomic E-state index is 0.435. The Labute approximate surface area is 107 Å². The molecule has 2 aliphatic heterocycles. The van der Waals surface area contributed by atoms with Gasteiger partial charge in [-0.25, -0.2) is 0 Å². The van der Waals surface area contributed by atoms with Crippen LogP contribution in [0.15, 0.2) is 0 Å². The molecule has 0 aromatic rings. The summed E-state index contributed by atoms with van der Waals surface area (Å²) in [6.45, 7) is 13.2. The number of nitrogens with zero attached hydrogens (tertiary/aromatic N) is 2. The fourth-order valence-electron chi connectivity index (χ4n) is 2.67. The molecule has 17 heavy (non-hydrogen) atoms. The summed E-state index contributed by atoms with van der Waals surface area (Å²) in [5.74, 6) is 0.923. The topological polar surface area (TPSA) is 15.7 Å². The molecular weight excluding hydrogens is 212 g/mol. The number of hydrogen-bond donors (Lipinski definition) is 0. The van der Waals surface area contributed by atoms with Crippen LogP contribution in [0.4, 0.5) is 0 Å². The van der Waals surface area contributed by atoms with E-state index in [0.29, 0.717) is 6.10 Å². The standard InChI is InChI=1S/C12H24N2O.C2H6/c1-11-9-14(7-8-15-11)10-12-3-5-13(2)6-4-12;1-2/h11-12H,3-10H2,1-2H3;1-2H3. The molecule has 2 saturated heterocycles. The van der Waals surface area contributed by atoms with Crippen molar-refractivity contribution < 1.29 is 4.74 Å². The lowest BCUT2D eigenvalue weighted by atomic mass is 9.96. The van der Waals surface area contributed by atoms with Gasteiger partial charge < -0.3 is 9.64 Å². The zero-order valence-corrected chi connectivity index (χ0v) is 12.1. The van der Waals surface area contributed by atoms with Crippen molar-refractivity contribution in [2.45, 2.75) is 39.7 Å². The van der Waals surface area contributed by atoms with Crippen LogP contribution in [-0.4, -0.2) is 62.3 Å². The van der Waals surface area contributed by atoms with Crippen molar-refractivity contribution in [3.63, 3.8) is 0 Å². The lowest BCUT2D eigenvalue weighted by Crippen LogP contribution is -2.45. The third-order valence-electron chi connectivity index (χ3n) is 3.68. The Hall–Kier alpha value is -0.120. The summed E-state index contributed by atoms with van der Waals surface area (Å²) in [7, 11) is 2.23. The van der Waals surface area contributed by atoms with Gasteiger partial charge in [0, 0.05) is 19.6 Å². The van der Waals surface area contributed by atoms with Crippen LogP contribution in [0, 0.1) is 5.92 Å². The number of hydrogen-bond acceptors (Lipinski definition) is 3. The van der Waals surface area contributed by atoms with Gasteiger partial charge in [-0.3, -0.25) is 4.90 Å². The minimum Gasteiger partial charge on any atom is -0.376 e. The zero-order chi connectivity index (χ0) is 12.7. The van der Waals surface area contributed by atoms with Crippen molar-refractivity contribution in [1.29, 1.82) is 0 Å². The van der Waals surface area contributed by atoms with Gasteiger partial charge in [0.2, 0.25) is 0 Å². The third kappa shape index (κ3) is 5.36. The van der Waals surface area contributed by atoms with E-state index in [2.05, 4.69) is 23.8 Å². The van der Waals surface area contributed by atoms with Crippen LogP contribution in [0.5, 0.6) is 0 Å². The second-order valence-electron chi connectivity index (χ2n) is 5.19. The molecular formula is C14H30N2O. The highest BCUT2D eigenvalue weighted by Gasteiger charge is 2.22. The minimum absolute atomic E-state index is 0.435. The summed E-state index contributed by atoms with van der Waals surface area (Å²) in [6, 6.07) is 0. The van der Waals surface area contributed by atoms with E-state index >= 15 is 0 Å². The van der Waals surface area contributed by atoms with Crippen LogP contribution in [0.2, 0.25) is 0 Å². The van der Waals surface area contributed by atoms with Crippen molar-refractivity contribution in [3.8, 4) is 0 Å². The van der Waals surface area contributed by atoms with E-state index in [1.165, 1.54) is 32.5 Å². The Kier molecular flexibility index (Phi) is 7.09. The number of rotatable bonds is 2. The number of likely N-dealkylation sites (tertiary alicyclic amines) is 1. The van der Waals surface area contributed by atoms with Crippen LogP contribution in [0.25, 0.3) is 0 Å². The first-order valence-electron chi connectivity index (χ1n) is 7.26. The molecule has 0 amide bonds. The molecule has 1 atom stereocenters. The molecule has 0 spiro atoms. The van der Waals surface area contributed by atoms with E-state index in [1.807, 2.05) is 13.8 Å². The van der Waals surface area contributed by atoms with E-state index in [4.69, 9.17) is 4.74 Å². The first-order valence-corrected chi connectivity index (χ1v) is 7.26. The summed E-state index contributed by atoms with van der Waals surface area (Å²) in [4.78, 5) is 5.03. The monoisotopic (exact) mass is 242 g/mol. The van der Waals surface area contributed by atoms with E-state index < -0.39 is 0 Å². The van der Waals surface area contributed by atoms with Crippen molar-refractivity contribution in [3.05, 3.63) is 0 Å². The smallest absolute Gasteiger partial charge is 0.0674 e. The molecule has 2 fully saturated rings. The quantitative estimate of drug-likeness (QED) is 0.737. The molecule has 2 aliphatic rings. The highest BCUT2D eigenvalue weighted by Crippen LogP contribution is 2.18. The summed E-state index contributed by atoms with van der Waals surface area (Å²) in [5, 5.41) is 0. The Morgan fingerprint density at radius 1 is 1.12 bits per heavy atom. The molecule has 0 radical (unpaired) electrons. The maximum atomic E-state index is 5.56. The van der Waals surface area contributed by atoms with Gasteiger partial charge in [0.1, 0.15) is 0 Å². The lowest BCUT2D eigenvalue weighted by Gasteiger charge is -2.36. The Morgan fingerprint density at radius 3 is 2.35 bits per heavy atom. The molecule has 2 heterocycles. The first-order chi connectivity index (χ1) is 8.24. The molecule has 0 aromatic heterocycles. The summed E-state index contributed by atoms with van der Waals surface area (Å²) >= 11 is 0. The van der Waals surface area contributed by atoms with Gasteiger partial charge in [-0.1, -0.05) is 13.8 Å². The van der Waals surface area contributed by atoms with Gasteiger partial charge in [0.25, 0.3) is 0 Å². The van der Waals surface area contributed by atoms with Gasteiger partial charge in [-0.15, -0.1) is 0 Å². The Bertz CT molecular complexity index is 191. The maximum Gasteiger partial charge on any atom is 0.0674 e. The maximum absolute atomic E-state index is 5.56. The van der Waals surface area contributed by atoms with E-state index in [9.17, 15) is 0 Å². The average molecular weight is 242 g/mol. The molecule has 3 nitrogen and oxygen atoms in total. The van der Waals surface area contributed by atoms with Crippen molar-refractivity contribution in [2.24, 2.45) is 5.92 Å². The normalized spacial score (nSPS) is 28.6. The molecule has 1 unspecified atom stereocenters. The Balaban J connectivity index is 0.000000686. The molecule has 0 bridgehead atoms. The molecule has 0 aromatic carbocycles. The molecule has 102 valence electrons. The average Bonchev–Trinajstić information content (AvgIpc) is 2.35. The number of ether oxygens (including phenoxy) is 1. The second-order valence-corrected chi connectivity index (χ2v) is 5.19. The van der Waals surface area contributed by atoms with Crippen molar-refractivity contribution in [2.75, 3.05) is 46.4 Å². The molecule has 2 rings (SSSR count). The van der Waals surface area contributed by atoms with Gasteiger partial charge in [-0.2, -0.15) is 0 Å². The highest BCUT2D eigenvalue weighted by atomic mass is 16.5. The second kappa shape index (κ2) is 8.06. The lowest BCUT2D eigenvalue weighted by molar-refractivity contribution is -0.0257. The van der Waals surface area contributed by atoms with Crippen LogP contribution < -0.4 is 0 Å². The third-order valence-corrected chi connectivity index (χ3v) is 3.68. The highest BCUT2D eigenvalue weighted by molar-refractivity contribution is 4.76. The first kappa shape index (κ1) is 14.9. The zero-order valence-electron chi connectivity index (χ0n) is 12.1. The largest absolute Gasteiger partial charge is 0.376 e. The van der Waals surface area contributed by atoms with Gasteiger partial charge in [0.05, 0.1) is 12.7 Å². The molecule has 0 N–H and O–H groups in total. The molecule has 0 aliphatic carbocycles. The fraction of sp³-hybridized carbons (Fsp3) is 1.00. The summed E-state index contributed by atoms with van der Waals surface area (Å²) in [6.07, 6.45) is 3.19. The van der Waals surface area contributed by atoms with Crippen LogP contribution in [0.1, 0.15) is 33.6 Å². The molecule has 0 saturated carbocycles. The van der Waals surface area contributed by atoms with Crippen molar-refractivity contribution >= 4 is 0 Å². The van der Waals surface area contributed by atoms with Crippen LogP contribution in [0.3, 0.4) is 0 Å². The number of morpholine rings is 1. The predicted octanol–water partition coefficient (Wildman–Crippen LogP) is 2.08. The van der Waals surface area contributed by atoms with Gasteiger partial charge in [-0.05, 0) is 45.8 Å². The van der Waals surface area contributed by atoms with E-state index in [1.54, 1.807) is 0 Å². The predicted molar refractivity (Wildman–Crippen MR) is 73.4 cm³/mol. The van der Waals surface area contributed by atoms with Crippen LogP contribution in [-0.2, 0) is 4.74 Å². The summed E-state index contributed by atoms with van der Waals surface area (Å²) in [5.41, 5.74) is 0.